The largest absolute Gasteiger partial charge is 0.243 e. The van der Waals surface area contributed by atoms with Crippen LogP contribution in [0.3, 0.4) is 0 Å². The molecule has 0 spiro atoms. The van der Waals surface area contributed by atoms with Crippen molar-refractivity contribution >= 4 is 10.0 Å². The first-order chi connectivity index (χ1) is 9.43. The van der Waals surface area contributed by atoms with Gasteiger partial charge in [0, 0.05) is 13.1 Å². The van der Waals surface area contributed by atoms with E-state index in [0.29, 0.717) is 23.4 Å². The Morgan fingerprint density at radius 2 is 1.55 bits per heavy atom. The van der Waals surface area contributed by atoms with E-state index < -0.39 is 10.0 Å². The van der Waals surface area contributed by atoms with Crippen LogP contribution in [0.15, 0.2) is 29.2 Å². The van der Waals surface area contributed by atoms with E-state index in [1.165, 1.54) is 0 Å². The van der Waals surface area contributed by atoms with E-state index in [4.69, 9.17) is 0 Å². The van der Waals surface area contributed by atoms with Gasteiger partial charge in [-0.2, -0.15) is 4.31 Å². The van der Waals surface area contributed by atoms with Gasteiger partial charge in [0.1, 0.15) is 0 Å². The Labute approximate surface area is 123 Å². The predicted molar refractivity (Wildman–Crippen MR) is 82.2 cm³/mol. The minimum atomic E-state index is -3.31. The maximum Gasteiger partial charge on any atom is 0.243 e. The Bertz CT molecular complexity index is 534. The summed E-state index contributed by atoms with van der Waals surface area (Å²) in [6.07, 6.45) is 4.24. The molecule has 1 aliphatic heterocycles. The van der Waals surface area contributed by atoms with Gasteiger partial charge < -0.3 is 0 Å². The summed E-state index contributed by atoms with van der Waals surface area (Å²) in [5, 5.41) is 0. The van der Waals surface area contributed by atoms with Gasteiger partial charge in [0.15, 0.2) is 0 Å². The number of benzene rings is 1. The molecule has 0 aliphatic carbocycles. The highest BCUT2D eigenvalue weighted by Gasteiger charge is 2.36. The normalized spacial score (nSPS) is 19.9. The number of hydrogen-bond donors (Lipinski definition) is 0. The minimum Gasteiger partial charge on any atom is -0.207 e. The maximum absolute atomic E-state index is 12.6. The van der Waals surface area contributed by atoms with Gasteiger partial charge >= 0.3 is 0 Å². The summed E-state index contributed by atoms with van der Waals surface area (Å²) in [6.45, 7) is 7.70. The van der Waals surface area contributed by atoms with E-state index in [2.05, 4.69) is 13.8 Å². The van der Waals surface area contributed by atoms with Crippen molar-refractivity contribution in [2.24, 2.45) is 5.41 Å². The molecule has 20 heavy (non-hydrogen) atoms. The first-order valence-electron chi connectivity index (χ1n) is 7.50. The van der Waals surface area contributed by atoms with E-state index in [0.717, 1.165) is 31.2 Å². The molecule has 0 saturated carbocycles. The van der Waals surface area contributed by atoms with Crippen molar-refractivity contribution in [3.8, 4) is 0 Å². The summed E-state index contributed by atoms with van der Waals surface area (Å²) in [5.74, 6) is 0. The van der Waals surface area contributed by atoms with Crippen LogP contribution in [0.5, 0.6) is 0 Å². The number of nitrogens with zero attached hydrogens (tertiary/aromatic N) is 1. The third kappa shape index (κ3) is 2.91. The van der Waals surface area contributed by atoms with E-state index in [9.17, 15) is 8.42 Å². The maximum atomic E-state index is 12.6. The van der Waals surface area contributed by atoms with Crippen LogP contribution < -0.4 is 0 Å². The molecule has 3 nitrogen and oxygen atoms in total. The number of piperidine rings is 1. The Hall–Kier alpha value is -0.870. The summed E-state index contributed by atoms with van der Waals surface area (Å²) in [5.41, 5.74) is 1.43. The van der Waals surface area contributed by atoms with Crippen LogP contribution in [0.4, 0.5) is 0 Å². The molecular formula is C16H25NO2S. The molecule has 1 saturated heterocycles. The first-order valence-corrected chi connectivity index (χ1v) is 8.94. The third-order valence-electron chi connectivity index (χ3n) is 4.94. The van der Waals surface area contributed by atoms with E-state index in [1.807, 2.05) is 19.1 Å². The molecule has 4 heteroatoms. The Balaban J connectivity index is 2.15. The smallest absolute Gasteiger partial charge is 0.207 e. The lowest BCUT2D eigenvalue weighted by Gasteiger charge is -2.40. The van der Waals surface area contributed by atoms with Gasteiger partial charge in [0.05, 0.1) is 4.90 Å². The Morgan fingerprint density at radius 3 is 2.00 bits per heavy atom. The molecule has 2 rings (SSSR count). The first kappa shape index (κ1) is 15.5. The van der Waals surface area contributed by atoms with Crippen LogP contribution in [-0.4, -0.2) is 25.8 Å². The molecule has 0 bridgehead atoms. The summed E-state index contributed by atoms with van der Waals surface area (Å²) in [7, 11) is -3.31. The van der Waals surface area contributed by atoms with Gasteiger partial charge in [0.2, 0.25) is 10.0 Å². The molecule has 0 unspecified atom stereocenters. The lowest BCUT2D eigenvalue weighted by molar-refractivity contribution is 0.141. The van der Waals surface area contributed by atoms with Gasteiger partial charge in [-0.15, -0.1) is 0 Å². The summed E-state index contributed by atoms with van der Waals surface area (Å²) in [4.78, 5) is 0.420. The SMILES string of the molecule is CCC1(CC)CCN(S(=O)(=O)c2ccc(C)cc2)CC1. The second kappa shape index (κ2) is 5.86. The monoisotopic (exact) mass is 295 g/mol. The van der Waals surface area contributed by atoms with Crippen LogP contribution in [0.2, 0.25) is 0 Å². The molecule has 0 radical (unpaired) electrons. The Kier molecular flexibility index (Phi) is 4.55. The number of sulfonamides is 1. The van der Waals surface area contributed by atoms with E-state index in [1.54, 1.807) is 16.4 Å². The number of hydrogen-bond acceptors (Lipinski definition) is 2. The summed E-state index contributed by atoms with van der Waals surface area (Å²) in [6, 6.07) is 7.15. The third-order valence-corrected chi connectivity index (χ3v) is 6.85. The van der Waals surface area contributed by atoms with Gasteiger partial charge in [0.25, 0.3) is 0 Å². The molecule has 0 amide bonds. The zero-order valence-corrected chi connectivity index (χ0v) is 13.5. The zero-order chi connectivity index (χ0) is 14.8. The topological polar surface area (TPSA) is 37.4 Å². The van der Waals surface area contributed by atoms with Crippen molar-refractivity contribution < 1.29 is 8.42 Å². The van der Waals surface area contributed by atoms with Gasteiger partial charge in [-0.25, -0.2) is 8.42 Å². The highest BCUT2D eigenvalue weighted by molar-refractivity contribution is 7.89. The standard InChI is InChI=1S/C16H25NO2S/c1-4-16(5-2)10-12-17(13-11-16)20(18,19)15-8-6-14(3)7-9-15/h6-9H,4-5,10-13H2,1-3H3. The van der Waals surface area contributed by atoms with Gasteiger partial charge in [-0.1, -0.05) is 44.4 Å². The molecule has 1 aromatic rings. The average molecular weight is 295 g/mol. The van der Waals surface area contributed by atoms with Crippen molar-refractivity contribution in [1.82, 2.24) is 4.31 Å². The molecular weight excluding hydrogens is 270 g/mol. The average Bonchev–Trinajstić information content (AvgIpc) is 2.47. The van der Waals surface area contributed by atoms with Crippen molar-refractivity contribution in [1.29, 1.82) is 0 Å². The molecule has 0 aromatic heterocycles. The number of rotatable bonds is 4. The summed E-state index contributed by atoms with van der Waals surface area (Å²) < 4.78 is 26.9. The molecule has 1 aromatic carbocycles. The lowest BCUT2D eigenvalue weighted by atomic mass is 9.75. The predicted octanol–water partition coefficient (Wildman–Crippen LogP) is 3.59. The van der Waals surface area contributed by atoms with E-state index in [-0.39, 0.29) is 0 Å². The van der Waals surface area contributed by atoms with Crippen molar-refractivity contribution in [3.05, 3.63) is 29.8 Å². The quantitative estimate of drug-likeness (QED) is 0.851. The van der Waals surface area contributed by atoms with Crippen LogP contribution in [0.25, 0.3) is 0 Å². The molecule has 0 atom stereocenters. The van der Waals surface area contributed by atoms with Crippen molar-refractivity contribution in [2.45, 2.75) is 51.3 Å². The fraction of sp³-hybridized carbons (Fsp3) is 0.625. The molecule has 1 aliphatic rings. The van der Waals surface area contributed by atoms with Crippen molar-refractivity contribution in [3.63, 3.8) is 0 Å². The number of aryl methyl sites for hydroxylation is 1. The highest BCUT2D eigenvalue weighted by atomic mass is 32.2. The fourth-order valence-corrected chi connectivity index (χ4v) is 4.46. The fourth-order valence-electron chi connectivity index (χ4n) is 3.02. The molecule has 1 heterocycles. The zero-order valence-electron chi connectivity index (χ0n) is 12.7. The highest BCUT2D eigenvalue weighted by Crippen LogP contribution is 2.39. The van der Waals surface area contributed by atoms with Gasteiger partial charge in [-0.3, -0.25) is 0 Å². The second-order valence-electron chi connectivity index (χ2n) is 5.92. The molecule has 112 valence electrons. The van der Waals surface area contributed by atoms with E-state index >= 15 is 0 Å². The lowest BCUT2D eigenvalue weighted by Crippen LogP contribution is -2.42. The van der Waals surface area contributed by atoms with Crippen LogP contribution in [0.1, 0.15) is 45.1 Å². The molecule has 1 fully saturated rings. The Morgan fingerprint density at radius 1 is 1.05 bits per heavy atom. The van der Waals surface area contributed by atoms with Crippen LogP contribution in [0, 0.1) is 12.3 Å². The summed E-state index contributed by atoms with van der Waals surface area (Å²) >= 11 is 0. The van der Waals surface area contributed by atoms with Crippen LogP contribution in [-0.2, 0) is 10.0 Å². The van der Waals surface area contributed by atoms with Crippen molar-refractivity contribution in [2.75, 3.05) is 13.1 Å². The van der Waals surface area contributed by atoms with Crippen LogP contribution >= 0.6 is 0 Å². The minimum absolute atomic E-state index is 0.347. The van der Waals surface area contributed by atoms with Gasteiger partial charge in [-0.05, 0) is 37.3 Å². The second-order valence-corrected chi connectivity index (χ2v) is 7.86. The molecule has 0 N–H and O–H groups in total.